The van der Waals surface area contributed by atoms with Crippen molar-refractivity contribution in [3.05, 3.63) is 59.2 Å². The number of aromatic nitrogens is 2. The molecule has 1 atom stereocenters. The largest absolute Gasteiger partial charge is 0.345 e. The number of hydrogen-bond acceptors (Lipinski definition) is 3. The van der Waals surface area contributed by atoms with Gasteiger partial charge in [-0.05, 0) is 26.3 Å². The van der Waals surface area contributed by atoms with Gasteiger partial charge < -0.3 is 5.32 Å². The van der Waals surface area contributed by atoms with Gasteiger partial charge in [0.05, 0.1) is 17.3 Å². The molecule has 0 aliphatic rings. The fourth-order valence-electron chi connectivity index (χ4n) is 1.91. The maximum Gasteiger partial charge on any atom is 0.255 e. The number of carbonyl (C=O) groups excluding carboxylic acids is 1. The first kappa shape index (κ1) is 13.2. The molecule has 98 valence electrons. The molecule has 1 N–H and O–H groups in total. The Hall–Kier alpha value is -2.23. The molecule has 19 heavy (non-hydrogen) atoms. The molecular weight excluding hydrogens is 238 g/mol. The van der Waals surface area contributed by atoms with Crippen LogP contribution in [0.5, 0.6) is 0 Å². The lowest BCUT2D eigenvalue weighted by Gasteiger charge is -2.14. The van der Waals surface area contributed by atoms with E-state index in [-0.39, 0.29) is 11.9 Å². The van der Waals surface area contributed by atoms with Crippen LogP contribution in [0, 0.1) is 13.8 Å². The monoisotopic (exact) mass is 255 g/mol. The first-order valence-electron chi connectivity index (χ1n) is 6.24. The van der Waals surface area contributed by atoms with Crippen molar-refractivity contribution in [2.75, 3.05) is 0 Å². The number of benzene rings is 1. The third kappa shape index (κ3) is 3.16. The highest BCUT2D eigenvalue weighted by atomic mass is 16.1. The summed E-state index contributed by atoms with van der Waals surface area (Å²) in [6.45, 7) is 5.58. The Kier molecular flexibility index (Phi) is 3.90. The minimum atomic E-state index is -0.145. The second-order valence-corrected chi connectivity index (χ2v) is 4.52. The number of aryl methyl sites for hydroxylation is 2. The molecule has 2 aromatic rings. The Morgan fingerprint density at radius 1 is 1.21 bits per heavy atom. The maximum absolute atomic E-state index is 12.2. The van der Waals surface area contributed by atoms with Crippen LogP contribution in [0.2, 0.25) is 0 Å². The molecule has 1 heterocycles. The van der Waals surface area contributed by atoms with E-state index in [1.807, 2.05) is 44.2 Å². The molecule has 0 fully saturated rings. The van der Waals surface area contributed by atoms with Gasteiger partial charge in [-0.3, -0.25) is 4.79 Å². The van der Waals surface area contributed by atoms with Crippen LogP contribution >= 0.6 is 0 Å². The van der Waals surface area contributed by atoms with Crippen molar-refractivity contribution in [1.29, 1.82) is 0 Å². The fraction of sp³-hybridized carbons (Fsp3) is 0.267. The van der Waals surface area contributed by atoms with E-state index in [9.17, 15) is 4.79 Å². The van der Waals surface area contributed by atoms with Crippen LogP contribution in [0.15, 0.2) is 36.5 Å². The number of carbonyl (C=O) groups is 1. The van der Waals surface area contributed by atoms with Crippen molar-refractivity contribution in [1.82, 2.24) is 15.3 Å². The molecule has 1 amide bonds. The average molecular weight is 255 g/mol. The summed E-state index contributed by atoms with van der Waals surface area (Å²) in [5.74, 6) is 0.527. The summed E-state index contributed by atoms with van der Waals surface area (Å²) < 4.78 is 0. The molecule has 0 spiro atoms. The number of hydrogen-bond donors (Lipinski definition) is 1. The van der Waals surface area contributed by atoms with Gasteiger partial charge in [-0.15, -0.1) is 0 Å². The van der Waals surface area contributed by atoms with Crippen LogP contribution in [0.4, 0.5) is 0 Å². The molecule has 1 unspecified atom stereocenters. The summed E-state index contributed by atoms with van der Waals surface area (Å²) in [5.41, 5.74) is 2.29. The lowest BCUT2D eigenvalue weighted by atomic mass is 10.1. The van der Waals surface area contributed by atoms with E-state index in [0.717, 1.165) is 5.56 Å². The molecule has 0 aliphatic carbocycles. The van der Waals surface area contributed by atoms with Gasteiger partial charge in [0.2, 0.25) is 0 Å². The molecule has 0 saturated heterocycles. The van der Waals surface area contributed by atoms with Gasteiger partial charge in [-0.1, -0.05) is 30.3 Å². The van der Waals surface area contributed by atoms with Crippen molar-refractivity contribution in [2.45, 2.75) is 26.8 Å². The molecule has 2 rings (SSSR count). The predicted octanol–water partition coefficient (Wildman–Crippen LogP) is 2.58. The zero-order chi connectivity index (χ0) is 13.8. The highest BCUT2D eigenvalue weighted by Gasteiger charge is 2.14. The summed E-state index contributed by atoms with van der Waals surface area (Å²) in [5, 5.41) is 2.95. The normalized spacial score (nSPS) is 11.9. The second-order valence-electron chi connectivity index (χ2n) is 4.52. The van der Waals surface area contributed by atoms with Gasteiger partial charge in [0, 0.05) is 6.20 Å². The molecule has 4 nitrogen and oxygen atoms in total. The van der Waals surface area contributed by atoms with Gasteiger partial charge in [-0.25, -0.2) is 9.97 Å². The molecular formula is C15H17N3O. The third-order valence-electron chi connectivity index (χ3n) is 2.99. The van der Waals surface area contributed by atoms with E-state index in [1.54, 1.807) is 13.1 Å². The summed E-state index contributed by atoms with van der Waals surface area (Å²) in [4.78, 5) is 20.4. The van der Waals surface area contributed by atoms with Crippen LogP contribution in [-0.4, -0.2) is 15.9 Å². The summed E-state index contributed by atoms with van der Waals surface area (Å²) in [7, 11) is 0. The number of nitrogens with one attached hydrogen (secondary N) is 1. The Morgan fingerprint density at radius 3 is 2.53 bits per heavy atom. The van der Waals surface area contributed by atoms with E-state index < -0.39 is 0 Å². The van der Waals surface area contributed by atoms with Gasteiger partial charge in [-0.2, -0.15) is 0 Å². The SMILES string of the molecule is Cc1ncc(C(=O)NC(C)c2ccccc2)c(C)n1. The van der Waals surface area contributed by atoms with Gasteiger partial charge >= 0.3 is 0 Å². The minimum Gasteiger partial charge on any atom is -0.345 e. The van der Waals surface area contributed by atoms with Crippen LogP contribution in [-0.2, 0) is 0 Å². The molecule has 1 aromatic heterocycles. The molecule has 4 heteroatoms. The second kappa shape index (κ2) is 5.61. The van der Waals surface area contributed by atoms with Crippen molar-refractivity contribution in [3.63, 3.8) is 0 Å². The Bertz CT molecular complexity index is 581. The Morgan fingerprint density at radius 2 is 1.89 bits per heavy atom. The van der Waals surface area contributed by atoms with E-state index in [1.165, 1.54) is 0 Å². The van der Waals surface area contributed by atoms with E-state index >= 15 is 0 Å². The summed E-state index contributed by atoms with van der Waals surface area (Å²) in [6, 6.07) is 9.80. The van der Waals surface area contributed by atoms with Crippen LogP contribution in [0.3, 0.4) is 0 Å². The van der Waals surface area contributed by atoms with Crippen LogP contribution in [0.25, 0.3) is 0 Å². The van der Waals surface area contributed by atoms with E-state index in [4.69, 9.17) is 0 Å². The molecule has 0 radical (unpaired) electrons. The molecule has 0 bridgehead atoms. The fourth-order valence-corrected chi connectivity index (χ4v) is 1.91. The third-order valence-corrected chi connectivity index (χ3v) is 2.99. The molecule has 1 aromatic carbocycles. The first-order valence-corrected chi connectivity index (χ1v) is 6.24. The maximum atomic E-state index is 12.2. The van der Waals surface area contributed by atoms with Gasteiger partial charge in [0.25, 0.3) is 5.91 Å². The van der Waals surface area contributed by atoms with Crippen LogP contribution < -0.4 is 5.32 Å². The predicted molar refractivity (Wildman–Crippen MR) is 73.8 cm³/mol. The van der Waals surface area contributed by atoms with Crippen LogP contribution in [0.1, 0.15) is 40.4 Å². The zero-order valence-corrected chi connectivity index (χ0v) is 11.3. The Balaban J connectivity index is 2.13. The van der Waals surface area contributed by atoms with Crippen molar-refractivity contribution < 1.29 is 4.79 Å². The van der Waals surface area contributed by atoms with Gasteiger partial charge in [0.1, 0.15) is 5.82 Å². The van der Waals surface area contributed by atoms with Crippen molar-refractivity contribution in [3.8, 4) is 0 Å². The smallest absolute Gasteiger partial charge is 0.255 e. The van der Waals surface area contributed by atoms with E-state index in [0.29, 0.717) is 17.1 Å². The highest BCUT2D eigenvalue weighted by Crippen LogP contribution is 2.13. The van der Waals surface area contributed by atoms with E-state index in [2.05, 4.69) is 15.3 Å². The Labute approximate surface area is 112 Å². The first-order chi connectivity index (χ1) is 9.08. The minimum absolute atomic E-state index is 0.0468. The number of amides is 1. The lowest BCUT2D eigenvalue weighted by molar-refractivity contribution is 0.0938. The van der Waals surface area contributed by atoms with Crippen molar-refractivity contribution in [2.24, 2.45) is 0 Å². The number of rotatable bonds is 3. The lowest BCUT2D eigenvalue weighted by Crippen LogP contribution is -2.27. The molecule has 0 aliphatic heterocycles. The standard InChI is InChI=1S/C15H17N3O/c1-10(13-7-5-4-6-8-13)18-15(19)14-9-16-12(3)17-11(14)2/h4-10H,1-3H3,(H,18,19). The summed E-state index contributed by atoms with van der Waals surface area (Å²) >= 11 is 0. The number of nitrogens with zero attached hydrogens (tertiary/aromatic N) is 2. The van der Waals surface area contributed by atoms with Crippen molar-refractivity contribution >= 4 is 5.91 Å². The quantitative estimate of drug-likeness (QED) is 0.917. The summed E-state index contributed by atoms with van der Waals surface area (Å²) in [6.07, 6.45) is 1.57. The molecule has 0 saturated carbocycles. The van der Waals surface area contributed by atoms with Gasteiger partial charge in [0.15, 0.2) is 0 Å². The topological polar surface area (TPSA) is 54.9 Å². The zero-order valence-electron chi connectivity index (χ0n) is 11.3. The average Bonchev–Trinajstić information content (AvgIpc) is 2.39. The highest BCUT2D eigenvalue weighted by molar-refractivity contribution is 5.95.